The van der Waals surface area contributed by atoms with E-state index in [9.17, 15) is 9.59 Å². The van der Waals surface area contributed by atoms with Crippen molar-refractivity contribution in [3.8, 4) is 0 Å². The second kappa shape index (κ2) is 7.65. The first-order chi connectivity index (χ1) is 12.0. The summed E-state index contributed by atoms with van der Waals surface area (Å²) >= 11 is 13.6. The lowest BCUT2D eigenvalue weighted by Gasteiger charge is -2.11. The third-order valence-electron chi connectivity index (χ3n) is 3.87. The summed E-state index contributed by atoms with van der Waals surface area (Å²) in [4.78, 5) is 27.1. The Bertz CT molecular complexity index is 865. The normalized spacial score (nSPS) is 14.6. The van der Waals surface area contributed by atoms with Gasteiger partial charge in [0, 0.05) is 22.9 Å². The van der Waals surface area contributed by atoms with Crippen molar-refractivity contribution < 1.29 is 9.59 Å². The Hall–Kier alpha value is -1.75. The molecule has 2 aromatic carbocycles. The molecule has 0 unspecified atom stereocenters. The molecule has 1 aliphatic heterocycles. The van der Waals surface area contributed by atoms with E-state index in [1.54, 1.807) is 25.1 Å². The number of halogens is 2. The number of carbonyl (C=O) groups excluding carboxylic acids is 2. The predicted molar refractivity (Wildman–Crippen MR) is 104 cm³/mol. The van der Waals surface area contributed by atoms with Crippen LogP contribution < -0.4 is 0 Å². The van der Waals surface area contributed by atoms with Gasteiger partial charge in [0.2, 0.25) is 0 Å². The van der Waals surface area contributed by atoms with E-state index in [1.165, 1.54) is 16.7 Å². The van der Waals surface area contributed by atoms with Crippen LogP contribution in [0.3, 0.4) is 0 Å². The fraction of sp³-hybridized carbons (Fsp3) is 0.158. The third-order valence-corrected chi connectivity index (χ3v) is 5.56. The first-order valence-electron chi connectivity index (χ1n) is 7.75. The highest BCUT2D eigenvalue weighted by atomic mass is 35.5. The van der Waals surface area contributed by atoms with Crippen LogP contribution in [0.15, 0.2) is 53.4 Å². The Kier molecular flexibility index (Phi) is 5.52. The molecule has 6 heteroatoms. The first kappa shape index (κ1) is 18.1. The van der Waals surface area contributed by atoms with Gasteiger partial charge in [-0.25, -0.2) is 0 Å². The Morgan fingerprint density at radius 3 is 2.36 bits per heavy atom. The molecule has 0 aromatic heterocycles. The molecule has 0 atom stereocenters. The van der Waals surface area contributed by atoms with Crippen LogP contribution in [-0.2, 0) is 15.3 Å². The molecule has 0 saturated heterocycles. The van der Waals surface area contributed by atoms with Gasteiger partial charge in [-0.1, -0.05) is 59.6 Å². The summed E-state index contributed by atoms with van der Waals surface area (Å²) < 4.78 is 0. The summed E-state index contributed by atoms with van der Waals surface area (Å²) in [5.41, 5.74) is 1.97. The van der Waals surface area contributed by atoms with Crippen molar-refractivity contribution in [2.45, 2.75) is 12.7 Å². The predicted octanol–water partition coefficient (Wildman–Crippen LogP) is 5.03. The zero-order chi connectivity index (χ0) is 18.0. The van der Waals surface area contributed by atoms with E-state index in [2.05, 4.69) is 0 Å². The lowest BCUT2D eigenvalue weighted by atomic mass is 10.1. The number of carbonyl (C=O) groups is 2. The molecule has 1 heterocycles. The molecule has 0 saturated carbocycles. The van der Waals surface area contributed by atoms with Crippen LogP contribution in [0.4, 0.5) is 0 Å². The molecule has 1 aliphatic rings. The zero-order valence-corrected chi connectivity index (χ0v) is 15.8. The Labute approximate surface area is 160 Å². The maximum absolute atomic E-state index is 12.7. The van der Waals surface area contributed by atoms with Crippen LogP contribution in [0.1, 0.15) is 18.1 Å². The van der Waals surface area contributed by atoms with Crippen LogP contribution in [0, 0.1) is 0 Å². The number of benzene rings is 2. The van der Waals surface area contributed by atoms with Gasteiger partial charge >= 0.3 is 0 Å². The first-order valence-corrected chi connectivity index (χ1v) is 9.49. The topological polar surface area (TPSA) is 37.4 Å². The molecular formula is C19H15Cl2NO2S. The van der Waals surface area contributed by atoms with E-state index in [0.717, 1.165) is 5.56 Å². The summed E-state index contributed by atoms with van der Waals surface area (Å²) in [6.07, 6.45) is 0. The van der Waals surface area contributed by atoms with E-state index in [4.69, 9.17) is 23.2 Å². The molecule has 0 aliphatic carbocycles. The maximum Gasteiger partial charge on any atom is 0.267 e. The van der Waals surface area contributed by atoms with Gasteiger partial charge in [0.25, 0.3) is 11.8 Å². The van der Waals surface area contributed by atoms with Crippen molar-refractivity contribution in [1.29, 1.82) is 0 Å². The minimum Gasteiger partial charge on any atom is -0.274 e. The molecule has 0 fully saturated rings. The van der Waals surface area contributed by atoms with Gasteiger partial charge in [0.15, 0.2) is 0 Å². The smallest absolute Gasteiger partial charge is 0.267 e. The lowest BCUT2D eigenvalue weighted by molar-refractivity contribution is -0.136. The van der Waals surface area contributed by atoms with Gasteiger partial charge in [-0.2, -0.15) is 0 Å². The monoisotopic (exact) mass is 391 g/mol. The van der Waals surface area contributed by atoms with Gasteiger partial charge in [-0.15, -0.1) is 11.8 Å². The molecule has 2 aromatic rings. The zero-order valence-electron chi connectivity index (χ0n) is 13.5. The van der Waals surface area contributed by atoms with E-state index in [0.29, 0.717) is 38.4 Å². The number of hydrogen-bond acceptors (Lipinski definition) is 3. The number of nitrogens with zero attached hydrogens (tertiary/aromatic N) is 1. The summed E-state index contributed by atoms with van der Waals surface area (Å²) in [6.45, 7) is 2.10. The molecule has 0 bridgehead atoms. The summed E-state index contributed by atoms with van der Waals surface area (Å²) in [6, 6.07) is 14.7. The molecule has 25 heavy (non-hydrogen) atoms. The van der Waals surface area contributed by atoms with Crippen LogP contribution in [-0.4, -0.2) is 23.3 Å². The average Bonchev–Trinajstić information content (AvgIpc) is 2.84. The van der Waals surface area contributed by atoms with E-state index >= 15 is 0 Å². The highest BCUT2D eigenvalue weighted by molar-refractivity contribution is 8.03. The molecule has 128 valence electrons. The Balaban J connectivity index is 2.02. The molecule has 0 spiro atoms. The third kappa shape index (κ3) is 3.61. The van der Waals surface area contributed by atoms with E-state index in [1.807, 2.05) is 30.3 Å². The van der Waals surface area contributed by atoms with Crippen molar-refractivity contribution >= 4 is 52.4 Å². The van der Waals surface area contributed by atoms with Gasteiger partial charge in [0.05, 0.1) is 15.5 Å². The number of amides is 2. The van der Waals surface area contributed by atoms with Crippen molar-refractivity contribution in [3.63, 3.8) is 0 Å². The van der Waals surface area contributed by atoms with Gasteiger partial charge in [0.1, 0.15) is 0 Å². The van der Waals surface area contributed by atoms with Crippen molar-refractivity contribution in [3.05, 3.63) is 74.6 Å². The van der Waals surface area contributed by atoms with Crippen LogP contribution in [0.5, 0.6) is 0 Å². The number of rotatable bonds is 5. The summed E-state index contributed by atoms with van der Waals surface area (Å²) in [5, 5.41) is 0.844. The molecule has 0 N–H and O–H groups in total. The van der Waals surface area contributed by atoms with Crippen molar-refractivity contribution in [1.82, 2.24) is 4.90 Å². The Morgan fingerprint density at radius 2 is 1.72 bits per heavy atom. The minimum absolute atomic E-state index is 0.269. The molecule has 3 rings (SSSR count). The average molecular weight is 392 g/mol. The molecule has 0 radical (unpaired) electrons. The number of thioether (sulfide) groups is 1. The second-order valence-corrected chi connectivity index (χ2v) is 7.29. The highest BCUT2D eigenvalue weighted by Crippen LogP contribution is 2.40. The molecular weight excluding hydrogens is 377 g/mol. The number of hydrogen-bond donors (Lipinski definition) is 0. The Morgan fingerprint density at radius 1 is 1.00 bits per heavy atom. The molecule has 3 nitrogen and oxygen atoms in total. The van der Waals surface area contributed by atoms with Gasteiger partial charge in [-0.3, -0.25) is 14.5 Å². The summed E-state index contributed by atoms with van der Waals surface area (Å²) in [5.74, 6) is 0.0169. The second-order valence-electron chi connectivity index (χ2n) is 5.46. The standard InChI is InChI=1S/C19H15Cl2NO2S/c1-2-22-18(23)16(14-9-8-13(20)10-15(14)21)17(19(22)24)25-11-12-6-4-3-5-7-12/h3-10H,2,11H2,1H3. The van der Waals surface area contributed by atoms with Crippen molar-refractivity contribution in [2.75, 3.05) is 6.54 Å². The minimum atomic E-state index is -0.313. The van der Waals surface area contributed by atoms with E-state index < -0.39 is 0 Å². The van der Waals surface area contributed by atoms with E-state index in [-0.39, 0.29) is 11.8 Å². The van der Waals surface area contributed by atoms with Crippen LogP contribution in [0.25, 0.3) is 5.57 Å². The highest BCUT2D eigenvalue weighted by Gasteiger charge is 2.38. The van der Waals surface area contributed by atoms with Gasteiger partial charge < -0.3 is 0 Å². The van der Waals surface area contributed by atoms with Crippen LogP contribution >= 0.6 is 35.0 Å². The number of likely N-dealkylation sites (N-methyl/N-ethyl adjacent to an activating group) is 1. The fourth-order valence-electron chi connectivity index (χ4n) is 2.63. The maximum atomic E-state index is 12.7. The van der Waals surface area contributed by atoms with Crippen molar-refractivity contribution in [2.24, 2.45) is 0 Å². The van der Waals surface area contributed by atoms with Gasteiger partial charge in [-0.05, 0) is 24.6 Å². The largest absolute Gasteiger partial charge is 0.274 e. The quantitative estimate of drug-likeness (QED) is 0.670. The SMILES string of the molecule is CCN1C(=O)C(SCc2ccccc2)=C(c2ccc(Cl)cc2Cl)C1=O. The molecule has 2 amide bonds. The summed E-state index contributed by atoms with van der Waals surface area (Å²) in [7, 11) is 0. The lowest BCUT2D eigenvalue weighted by Crippen LogP contribution is -2.31. The number of imide groups is 1. The van der Waals surface area contributed by atoms with Crippen LogP contribution in [0.2, 0.25) is 10.0 Å². The fourth-order valence-corrected chi connectivity index (χ4v) is 4.22.